The molecular formula is C18H33N3O4S. The fourth-order valence-electron chi connectivity index (χ4n) is 3.67. The Morgan fingerprint density at radius 1 is 1.23 bits per heavy atom. The summed E-state index contributed by atoms with van der Waals surface area (Å²) in [5.41, 5.74) is 1.56. The van der Waals surface area contributed by atoms with Crippen LogP contribution in [0.4, 0.5) is 0 Å². The Bertz CT molecular complexity index is 481. The van der Waals surface area contributed by atoms with Gasteiger partial charge in [-0.05, 0) is 24.7 Å². The number of carbonyl (C=O) groups is 2. The summed E-state index contributed by atoms with van der Waals surface area (Å²) in [7, 11) is 1.68. The lowest BCUT2D eigenvalue weighted by Gasteiger charge is -2.33. The van der Waals surface area contributed by atoms with Gasteiger partial charge in [-0.1, -0.05) is 58.2 Å². The zero-order chi connectivity index (χ0) is 19.7. The average molecular weight is 388 g/mol. The molecule has 0 bridgehead atoms. The molecule has 0 heterocycles. The van der Waals surface area contributed by atoms with Crippen LogP contribution in [0.3, 0.4) is 0 Å². The molecule has 1 fully saturated rings. The van der Waals surface area contributed by atoms with E-state index in [-0.39, 0.29) is 12.3 Å². The van der Waals surface area contributed by atoms with E-state index in [1.165, 1.54) is 6.42 Å². The van der Waals surface area contributed by atoms with Crippen molar-refractivity contribution in [3.05, 3.63) is 0 Å². The second-order valence-corrected chi connectivity index (χ2v) is 8.06. The van der Waals surface area contributed by atoms with Gasteiger partial charge < -0.3 is 5.32 Å². The Labute approximate surface area is 161 Å². The summed E-state index contributed by atoms with van der Waals surface area (Å²) in [5, 5.41) is 23.0. The van der Waals surface area contributed by atoms with Gasteiger partial charge in [0.05, 0.1) is 0 Å². The first-order chi connectivity index (χ1) is 12.3. The first-order valence-electron chi connectivity index (χ1n) is 9.46. The highest BCUT2D eigenvalue weighted by molar-refractivity contribution is 7.80. The van der Waals surface area contributed by atoms with Crippen LogP contribution in [0.2, 0.25) is 0 Å². The maximum absolute atomic E-state index is 12.9. The summed E-state index contributed by atoms with van der Waals surface area (Å²) in [6.45, 7) is 3.88. The Hall–Kier alpha value is -1.25. The molecule has 7 nitrogen and oxygen atoms in total. The van der Waals surface area contributed by atoms with E-state index >= 15 is 0 Å². The first-order valence-corrected chi connectivity index (χ1v) is 9.87. The van der Waals surface area contributed by atoms with Crippen LogP contribution in [0.5, 0.6) is 0 Å². The van der Waals surface area contributed by atoms with Gasteiger partial charge in [0.1, 0.15) is 11.0 Å². The molecule has 0 aromatic rings. The maximum atomic E-state index is 12.9. The Morgan fingerprint density at radius 3 is 2.35 bits per heavy atom. The summed E-state index contributed by atoms with van der Waals surface area (Å²) >= 11 is 5.34. The predicted molar refractivity (Wildman–Crippen MR) is 103 cm³/mol. The van der Waals surface area contributed by atoms with E-state index in [9.17, 15) is 14.8 Å². The van der Waals surface area contributed by atoms with Crippen molar-refractivity contribution in [3.8, 4) is 0 Å². The van der Waals surface area contributed by atoms with Crippen LogP contribution in [0, 0.1) is 17.8 Å². The van der Waals surface area contributed by atoms with Crippen LogP contribution in [-0.4, -0.2) is 45.4 Å². The van der Waals surface area contributed by atoms with Crippen molar-refractivity contribution in [2.24, 2.45) is 17.8 Å². The van der Waals surface area contributed by atoms with Gasteiger partial charge in [-0.15, -0.1) is 0 Å². The molecule has 1 rings (SSSR count). The number of hydrogen-bond acceptors (Lipinski definition) is 5. The van der Waals surface area contributed by atoms with Crippen LogP contribution in [0.15, 0.2) is 0 Å². The molecule has 150 valence electrons. The lowest BCUT2D eigenvalue weighted by atomic mass is 9.84. The molecule has 2 amide bonds. The number of amides is 2. The van der Waals surface area contributed by atoms with Gasteiger partial charge in [0, 0.05) is 19.4 Å². The van der Waals surface area contributed by atoms with Gasteiger partial charge in [-0.25, -0.2) is 10.5 Å². The number of nitrogens with zero attached hydrogens (tertiary/aromatic N) is 1. The lowest BCUT2D eigenvalue weighted by Crippen LogP contribution is -2.50. The normalized spacial score (nSPS) is 17.5. The van der Waals surface area contributed by atoms with Gasteiger partial charge in [-0.2, -0.15) is 0 Å². The number of carbonyl (C=O) groups excluding carboxylic acids is 2. The highest BCUT2D eigenvalue weighted by Gasteiger charge is 2.34. The quantitative estimate of drug-likeness (QED) is 0.276. The first kappa shape index (κ1) is 22.8. The van der Waals surface area contributed by atoms with Crippen molar-refractivity contribution < 1.29 is 20.0 Å². The summed E-state index contributed by atoms with van der Waals surface area (Å²) in [5.74, 6) is -1.29. The molecule has 1 saturated carbocycles. The molecule has 0 aromatic heterocycles. The molecule has 0 aromatic carbocycles. The van der Waals surface area contributed by atoms with Crippen LogP contribution in [0.25, 0.3) is 0 Å². The van der Waals surface area contributed by atoms with E-state index in [1.54, 1.807) is 12.5 Å². The fourth-order valence-corrected chi connectivity index (χ4v) is 3.87. The molecule has 2 atom stereocenters. The minimum atomic E-state index is -0.708. The van der Waals surface area contributed by atoms with Gasteiger partial charge >= 0.3 is 0 Å². The number of rotatable bonds is 9. The molecule has 1 aliphatic carbocycles. The van der Waals surface area contributed by atoms with Crippen LogP contribution < -0.4 is 10.8 Å². The number of nitrogens with one attached hydrogen (secondary N) is 2. The molecular weight excluding hydrogens is 354 g/mol. The van der Waals surface area contributed by atoms with Gasteiger partial charge in [-0.3, -0.25) is 20.0 Å². The molecule has 0 unspecified atom stereocenters. The molecule has 26 heavy (non-hydrogen) atoms. The zero-order valence-corrected chi connectivity index (χ0v) is 16.8. The number of likely N-dealkylation sites (N-methyl/N-ethyl adjacent to an activating group) is 1. The predicted octanol–water partition coefficient (Wildman–Crippen LogP) is 2.65. The molecule has 8 heteroatoms. The summed E-state index contributed by atoms with van der Waals surface area (Å²) < 4.78 is 0. The largest absolute Gasteiger partial charge is 0.381 e. The summed E-state index contributed by atoms with van der Waals surface area (Å²) in [6, 6.07) is -0.600. The summed E-state index contributed by atoms with van der Waals surface area (Å²) in [4.78, 5) is 24.8. The standard InChI is InChI=1S/C18H33N3O4S/c1-12(2)9-14(11-16(22)20-24)18(23)21(25)15(17(26)19-3)10-13-7-5-4-6-8-13/h12-15,24-25H,4-11H2,1-3H3,(H,19,26)(H,20,22)/t14-,15+/m1/s1. The monoisotopic (exact) mass is 387 g/mol. The van der Waals surface area contributed by atoms with Crippen molar-refractivity contribution in [2.45, 2.75) is 71.3 Å². The third-order valence-electron chi connectivity index (χ3n) is 5.01. The van der Waals surface area contributed by atoms with E-state index in [0.717, 1.165) is 25.7 Å². The van der Waals surface area contributed by atoms with E-state index in [4.69, 9.17) is 17.4 Å². The fraction of sp³-hybridized carbons (Fsp3) is 0.833. The Balaban J connectivity index is 2.89. The van der Waals surface area contributed by atoms with Crippen molar-refractivity contribution in [1.82, 2.24) is 15.9 Å². The maximum Gasteiger partial charge on any atom is 0.250 e. The van der Waals surface area contributed by atoms with Crippen molar-refractivity contribution >= 4 is 29.0 Å². The minimum absolute atomic E-state index is 0.164. The number of thiocarbonyl (C=S) groups is 1. The highest BCUT2D eigenvalue weighted by Crippen LogP contribution is 2.29. The second-order valence-electron chi connectivity index (χ2n) is 7.62. The number of hydrogen-bond donors (Lipinski definition) is 4. The smallest absolute Gasteiger partial charge is 0.250 e. The topological polar surface area (TPSA) is 102 Å². The molecule has 0 spiro atoms. The van der Waals surface area contributed by atoms with Crippen LogP contribution in [-0.2, 0) is 9.59 Å². The second kappa shape index (κ2) is 11.5. The summed E-state index contributed by atoms with van der Waals surface area (Å²) in [6.07, 6.45) is 6.58. The number of hydroxylamine groups is 3. The highest BCUT2D eigenvalue weighted by atomic mass is 32.1. The molecule has 0 saturated heterocycles. The van der Waals surface area contributed by atoms with E-state index in [1.807, 2.05) is 13.8 Å². The van der Waals surface area contributed by atoms with Gasteiger partial charge in [0.15, 0.2) is 0 Å². The molecule has 1 aliphatic rings. The molecule has 0 radical (unpaired) electrons. The van der Waals surface area contributed by atoms with Crippen LogP contribution >= 0.6 is 12.2 Å². The van der Waals surface area contributed by atoms with E-state index in [0.29, 0.717) is 28.8 Å². The Kier molecular flexibility index (Phi) is 10.0. The minimum Gasteiger partial charge on any atom is -0.381 e. The van der Waals surface area contributed by atoms with Gasteiger partial charge in [0.2, 0.25) is 11.8 Å². The third-order valence-corrected chi connectivity index (χ3v) is 5.49. The Morgan fingerprint density at radius 2 is 1.85 bits per heavy atom. The van der Waals surface area contributed by atoms with E-state index in [2.05, 4.69) is 5.32 Å². The molecule has 0 aliphatic heterocycles. The van der Waals surface area contributed by atoms with Crippen molar-refractivity contribution in [2.75, 3.05) is 7.05 Å². The molecule has 4 N–H and O–H groups in total. The van der Waals surface area contributed by atoms with Crippen molar-refractivity contribution in [3.63, 3.8) is 0 Å². The zero-order valence-electron chi connectivity index (χ0n) is 16.0. The third kappa shape index (κ3) is 7.17. The average Bonchev–Trinajstić information content (AvgIpc) is 2.64. The van der Waals surface area contributed by atoms with Gasteiger partial charge in [0.25, 0.3) is 0 Å². The lowest BCUT2D eigenvalue weighted by molar-refractivity contribution is -0.177. The van der Waals surface area contributed by atoms with Crippen LogP contribution in [0.1, 0.15) is 65.2 Å². The van der Waals surface area contributed by atoms with E-state index < -0.39 is 23.8 Å². The SMILES string of the molecule is CNC(=S)[C@H](CC1CCCCC1)N(O)C(=O)[C@@H](CC(=O)NO)CC(C)C. The van der Waals surface area contributed by atoms with Crippen molar-refractivity contribution in [1.29, 1.82) is 0 Å².